The normalized spacial score (nSPS) is 15.0. The summed E-state index contributed by atoms with van der Waals surface area (Å²) >= 11 is 19.8. The van der Waals surface area contributed by atoms with Gasteiger partial charge >= 0.3 is 0 Å². The topological polar surface area (TPSA) is 71.3 Å². The van der Waals surface area contributed by atoms with E-state index < -0.39 is 0 Å². The molecule has 2 heterocycles. The third-order valence-electron chi connectivity index (χ3n) is 5.44. The lowest BCUT2D eigenvalue weighted by atomic mass is 9.96. The summed E-state index contributed by atoms with van der Waals surface area (Å²) in [6.07, 6.45) is 1.61. The van der Waals surface area contributed by atoms with Crippen LogP contribution in [0.5, 0.6) is 0 Å². The maximum atomic E-state index is 12.5. The van der Waals surface area contributed by atoms with Crippen molar-refractivity contribution in [1.29, 1.82) is 0 Å². The second kappa shape index (κ2) is 11.6. The highest BCUT2D eigenvalue weighted by molar-refractivity contribution is 7.99. The van der Waals surface area contributed by atoms with Crippen molar-refractivity contribution in [1.82, 2.24) is 20.4 Å². The summed E-state index contributed by atoms with van der Waals surface area (Å²) in [4.78, 5) is 20.3. The summed E-state index contributed by atoms with van der Waals surface area (Å²) in [6, 6.07) is 12.9. The van der Waals surface area contributed by atoms with E-state index in [-0.39, 0.29) is 11.8 Å². The molecule has 4 rings (SSSR count). The van der Waals surface area contributed by atoms with Gasteiger partial charge in [-0.15, -0.1) is 11.8 Å². The minimum atomic E-state index is 0.0351. The van der Waals surface area contributed by atoms with E-state index in [1.807, 2.05) is 24.3 Å². The van der Waals surface area contributed by atoms with Gasteiger partial charge in [0.1, 0.15) is 0 Å². The SMILES string of the molecule is O=C(NCCSc1ccc(Cl)cc1)C1CCN(Cc2nc(-c3ccc(Cl)cc3Cl)no2)CC1. The van der Waals surface area contributed by atoms with Gasteiger partial charge in [0.25, 0.3) is 0 Å². The van der Waals surface area contributed by atoms with Crippen LogP contribution >= 0.6 is 46.6 Å². The van der Waals surface area contributed by atoms with Gasteiger partial charge < -0.3 is 9.84 Å². The summed E-state index contributed by atoms with van der Waals surface area (Å²) in [5, 5.41) is 8.86. The lowest BCUT2D eigenvalue weighted by molar-refractivity contribution is -0.126. The summed E-state index contributed by atoms with van der Waals surface area (Å²) in [7, 11) is 0. The number of nitrogens with zero attached hydrogens (tertiary/aromatic N) is 3. The van der Waals surface area contributed by atoms with E-state index >= 15 is 0 Å². The first-order valence-corrected chi connectivity index (χ1v) is 12.8. The molecule has 1 fully saturated rings. The standard InChI is InChI=1S/C23H23Cl3N4O2S/c24-16-1-4-18(5-2-16)33-12-9-27-23(31)15-7-10-30(11-8-15)14-21-28-22(29-32-21)19-6-3-17(25)13-20(19)26/h1-6,13,15H,7-12,14H2,(H,27,31). The molecule has 174 valence electrons. The van der Waals surface area contributed by atoms with Gasteiger partial charge in [0.2, 0.25) is 17.6 Å². The van der Waals surface area contributed by atoms with Crippen molar-refractivity contribution in [2.45, 2.75) is 24.3 Å². The molecule has 3 aromatic rings. The van der Waals surface area contributed by atoms with Crippen LogP contribution in [-0.2, 0) is 11.3 Å². The molecule has 0 aliphatic carbocycles. The molecule has 6 nitrogen and oxygen atoms in total. The Hall–Kier alpha value is -1.77. The number of carbonyl (C=O) groups is 1. The first-order chi connectivity index (χ1) is 16.0. The number of benzene rings is 2. The van der Waals surface area contributed by atoms with Gasteiger partial charge in [0.15, 0.2) is 0 Å². The zero-order chi connectivity index (χ0) is 23.2. The van der Waals surface area contributed by atoms with Gasteiger partial charge in [-0.3, -0.25) is 9.69 Å². The Labute approximate surface area is 212 Å². The molecule has 0 saturated carbocycles. The number of thioether (sulfide) groups is 1. The van der Waals surface area contributed by atoms with Crippen molar-refractivity contribution in [3.63, 3.8) is 0 Å². The van der Waals surface area contributed by atoms with Crippen molar-refractivity contribution < 1.29 is 9.32 Å². The number of aromatic nitrogens is 2. The number of likely N-dealkylation sites (tertiary alicyclic amines) is 1. The molecule has 33 heavy (non-hydrogen) atoms. The minimum absolute atomic E-state index is 0.0351. The Morgan fingerprint density at radius 1 is 1.09 bits per heavy atom. The molecule has 1 amide bonds. The van der Waals surface area contributed by atoms with Crippen LogP contribution < -0.4 is 5.32 Å². The molecule has 1 saturated heterocycles. The molecular formula is C23H23Cl3N4O2S. The zero-order valence-corrected chi connectivity index (χ0v) is 20.9. The molecule has 2 aromatic carbocycles. The van der Waals surface area contributed by atoms with Crippen LogP contribution in [0.2, 0.25) is 15.1 Å². The van der Waals surface area contributed by atoms with Crippen molar-refractivity contribution in [3.8, 4) is 11.4 Å². The minimum Gasteiger partial charge on any atom is -0.355 e. The molecule has 1 aliphatic heterocycles. The first kappa shape index (κ1) is 24.4. The molecule has 0 spiro atoms. The Kier molecular flexibility index (Phi) is 8.55. The van der Waals surface area contributed by atoms with E-state index in [0.717, 1.165) is 41.6 Å². The van der Waals surface area contributed by atoms with Crippen LogP contribution in [0.3, 0.4) is 0 Å². The second-order valence-corrected chi connectivity index (χ2v) is 10.2. The van der Waals surface area contributed by atoms with Crippen LogP contribution in [0, 0.1) is 5.92 Å². The highest BCUT2D eigenvalue weighted by atomic mass is 35.5. The van der Waals surface area contributed by atoms with Crippen LogP contribution in [0.15, 0.2) is 51.9 Å². The average Bonchev–Trinajstić information content (AvgIpc) is 3.26. The van der Waals surface area contributed by atoms with Crippen LogP contribution in [-0.4, -0.2) is 46.3 Å². The number of rotatable bonds is 8. The summed E-state index contributed by atoms with van der Waals surface area (Å²) < 4.78 is 5.41. The number of piperidine rings is 1. The van der Waals surface area contributed by atoms with Crippen LogP contribution in [0.1, 0.15) is 18.7 Å². The summed E-state index contributed by atoms with van der Waals surface area (Å²) in [5.74, 6) is 1.95. The fourth-order valence-corrected chi connectivity index (χ4v) is 5.05. The third kappa shape index (κ3) is 6.87. The molecule has 0 radical (unpaired) electrons. The molecule has 0 atom stereocenters. The van der Waals surface area contributed by atoms with E-state index in [9.17, 15) is 4.79 Å². The van der Waals surface area contributed by atoms with Crippen LogP contribution in [0.25, 0.3) is 11.4 Å². The quantitative estimate of drug-likeness (QED) is 0.295. The highest BCUT2D eigenvalue weighted by Gasteiger charge is 2.26. The number of hydrogen-bond acceptors (Lipinski definition) is 6. The predicted molar refractivity (Wildman–Crippen MR) is 133 cm³/mol. The molecule has 0 unspecified atom stereocenters. The van der Waals surface area contributed by atoms with E-state index in [0.29, 0.717) is 40.4 Å². The molecule has 1 aromatic heterocycles. The van der Waals surface area contributed by atoms with E-state index in [4.69, 9.17) is 39.3 Å². The lowest BCUT2D eigenvalue weighted by Gasteiger charge is -2.30. The summed E-state index contributed by atoms with van der Waals surface area (Å²) in [5.41, 5.74) is 0.681. The van der Waals surface area contributed by atoms with Crippen molar-refractivity contribution in [3.05, 3.63) is 63.4 Å². The predicted octanol–water partition coefficient (Wildman–Crippen LogP) is 5.82. The fourth-order valence-electron chi connectivity index (χ4n) is 3.66. The number of carbonyl (C=O) groups excluding carboxylic acids is 1. The van der Waals surface area contributed by atoms with Gasteiger partial charge in [-0.25, -0.2) is 0 Å². The molecular weight excluding hydrogens is 503 g/mol. The smallest absolute Gasteiger partial charge is 0.241 e. The van der Waals surface area contributed by atoms with Gasteiger partial charge in [0.05, 0.1) is 11.6 Å². The maximum Gasteiger partial charge on any atom is 0.241 e. The largest absolute Gasteiger partial charge is 0.355 e. The van der Waals surface area contributed by atoms with E-state index in [2.05, 4.69) is 20.4 Å². The van der Waals surface area contributed by atoms with Crippen molar-refractivity contribution in [2.75, 3.05) is 25.4 Å². The monoisotopic (exact) mass is 524 g/mol. The molecule has 0 bridgehead atoms. The van der Waals surface area contributed by atoms with Gasteiger partial charge in [0, 0.05) is 38.7 Å². The van der Waals surface area contributed by atoms with Gasteiger partial charge in [-0.05, 0) is 68.4 Å². The number of nitrogens with one attached hydrogen (secondary N) is 1. The molecule has 1 N–H and O–H groups in total. The molecule has 1 aliphatic rings. The highest BCUT2D eigenvalue weighted by Crippen LogP contribution is 2.29. The third-order valence-corrected chi connectivity index (χ3v) is 7.25. The van der Waals surface area contributed by atoms with Gasteiger partial charge in [-0.1, -0.05) is 40.0 Å². The van der Waals surface area contributed by atoms with Gasteiger partial charge in [-0.2, -0.15) is 4.98 Å². The average molecular weight is 526 g/mol. The molecule has 10 heteroatoms. The maximum absolute atomic E-state index is 12.5. The zero-order valence-electron chi connectivity index (χ0n) is 17.8. The Morgan fingerprint density at radius 3 is 2.55 bits per heavy atom. The number of hydrogen-bond donors (Lipinski definition) is 1. The number of halogens is 3. The number of amides is 1. The Morgan fingerprint density at radius 2 is 1.82 bits per heavy atom. The van der Waals surface area contributed by atoms with Crippen molar-refractivity contribution in [2.24, 2.45) is 5.92 Å². The second-order valence-electron chi connectivity index (χ2n) is 7.78. The lowest BCUT2D eigenvalue weighted by Crippen LogP contribution is -2.40. The van der Waals surface area contributed by atoms with E-state index in [1.54, 1.807) is 30.0 Å². The van der Waals surface area contributed by atoms with Crippen molar-refractivity contribution >= 4 is 52.5 Å². The summed E-state index contributed by atoms with van der Waals surface area (Å²) in [6.45, 7) is 2.79. The van der Waals surface area contributed by atoms with Crippen LogP contribution in [0.4, 0.5) is 0 Å². The van der Waals surface area contributed by atoms with E-state index in [1.165, 1.54) is 0 Å². The Bertz CT molecular complexity index is 1090. The fraction of sp³-hybridized carbons (Fsp3) is 0.348. The Balaban J connectivity index is 1.18. The first-order valence-electron chi connectivity index (χ1n) is 10.6.